The third-order valence-electron chi connectivity index (χ3n) is 4.53. The summed E-state index contributed by atoms with van der Waals surface area (Å²) in [5.41, 5.74) is 3.83. The molecule has 2 aromatic heterocycles. The summed E-state index contributed by atoms with van der Waals surface area (Å²) in [6, 6.07) is 5.70. The number of nitrogens with zero attached hydrogens (tertiary/aromatic N) is 2. The van der Waals surface area contributed by atoms with Gasteiger partial charge >= 0.3 is 6.41 Å². The van der Waals surface area contributed by atoms with E-state index in [9.17, 15) is 0 Å². The molecule has 0 spiro atoms. The summed E-state index contributed by atoms with van der Waals surface area (Å²) in [4.78, 5) is 7.35. The van der Waals surface area contributed by atoms with Gasteiger partial charge in [-0.2, -0.15) is 25.3 Å². The second kappa shape index (κ2) is 6.92. The van der Waals surface area contributed by atoms with Gasteiger partial charge in [-0.1, -0.05) is 0 Å². The van der Waals surface area contributed by atoms with Gasteiger partial charge in [-0.15, -0.1) is 4.57 Å². The zero-order chi connectivity index (χ0) is 18.3. The van der Waals surface area contributed by atoms with Crippen LogP contribution in [0.5, 0.6) is 17.2 Å². The first-order valence-corrected chi connectivity index (χ1v) is 9.42. The molecule has 6 nitrogen and oxygen atoms in total. The number of H-pyrrole nitrogens is 1. The first-order chi connectivity index (χ1) is 12.6. The van der Waals surface area contributed by atoms with Crippen molar-refractivity contribution in [3.8, 4) is 17.2 Å². The number of hydrogen-bond acceptors (Lipinski definition) is 6. The lowest BCUT2D eigenvalue weighted by atomic mass is 10.1. The van der Waals surface area contributed by atoms with Crippen molar-refractivity contribution in [2.75, 3.05) is 12.9 Å². The highest BCUT2D eigenvalue weighted by atomic mass is 32.1. The van der Waals surface area contributed by atoms with Crippen LogP contribution in [-0.2, 0) is 6.42 Å². The van der Waals surface area contributed by atoms with E-state index in [-0.39, 0.29) is 5.25 Å². The molecule has 3 heterocycles. The minimum Gasteiger partial charge on any atom is -0.496 e. The van der Waals surface area contributed by atoms with E-state index in [1.165, 1.54) is 0 Å². The van der Waals surface area contributed by atoms with Gasteiger partial charge in [0.1, 0.15) is 5.75 Å². The van der Waals surface area contributed by atoms with Crippen molar-refractivity contribution < 1.29 is 18.8 Å². The number of benzene rings is 1. The smallest absolute Gasteiger partial charge is 0.468 e. The van der Waals surface area contributed by atoms with E-state index in [1.807, 2.05) is 35.9 Å². The average molecular weight is 391 g/mol. The molecule has 136 valence electrons. The highest BCUT2D eigenvalue weighted by Gasteiger charge is 2.36. The van der Waals surface area contributed by atoms with Gasteiger partial charge in [0.15, 0.2) is 23.4 Å². The molecule has 1 N–H and O–H groups in total. The first-order valence-electron chi connectivity index (χ1n) is 8.27. The lowest BCUT2D eigenvalue weighted by Gasteiger charge is -2.15. The summed E-state index contributed by atoms with van der Waals surface area (Å²) >= 11 is 8.96. The fourth-order valence-corrected chi connectivity index (χ4v) is 3.45. The normalized spacial score (nSPS) is 14.8. The van der Waals surface area contributed by atoms with Crippen LogP contribution >= 0.6 is 25.3 Å². The summed E-state index contributed by atoms with van der Waals surface area (Å²) in [5, 5.41) is 0.113. The highest BCUT2D eigenvalue weighted by Crippen LogP contribution is 2.39. The topological polar surface area (TPSA) is 60.2 Å². The third kappa shape index (κ3) is 2.97. The number of fused-ring (bicyclic) bond motifs is 2. The zero-order valence-corrected chi connectivity index (χ0v) is 16.3. The van der Waals surface area contributed by atoms with Crippen LogP contribution < -0.4 is 18.8 Å². The molecule has 0 bridgehead atoms. The largest absolute Gasteiger partial charge is 0.496 e. The number of methoxy groups -OCH3 is 1. The molecular formula is C18H20N3O3S2+. The summed E-state index contributed by atoms with van der Waals surface area (Å²) in [5.74, 6) is 2.86. The lowest BCUT2D eigenvalue weighted by molar-refractivity contribution is -0.788. The van der Waals surface area contributed by atoms with Crippen molar-refractivity contribution in [2.45, 2.75) is 25.0 Å². The standard InChI is InChI=1S/C18H19N3O3S2/c1-10-14(5-11(26)8-25)21(4-3-15(10)22-2)18-23-16-6-12-13(20-9-19-12)7-17(16)24-18/h3-4,6-7,9,11,18H,5,8H2,1-2H3,(H2-,19,20,25,26)/p+1. The number of ether oxygens (including phenoxy) is 3. The van der Waals surface area contributed by atoms with Crippen LogP contribution in [0.1, 0.15) is 17.7 Å². The molecule has 1 aromatic carbocycles. The summed E-state index contributed by atoms with van der Waals surface area (Å²) in [6.07, 6.45) is 3.70. The van der Waals surface area contributed by atoms with Gasteiger partial charge in [0.25, 0.3) is 0 Å². The molecule has 8 heteroatoms. The number of imidazole rings is 1. The molecule has 2 unspecified atom stereocenters. The van der Waals surface area contributed by atoms with Crippen LogP contribution in [0.3, 0.4) is 0 Å². The second-order valence-corrected chi connectivity index (χ2v) is 7.26. The van der Waals surface area contributed by atoms with E-state index < -0.39 is 6.41 Å². The quantitative estimate of drug-likeness (QED) is 0.463. The van der Waals surface area contributed by atoms with E-state index in [0.29, 0.717) is 17.3 Å². The van der Waals surface area contributed by atoms with E-state index >= 15 is 0 Å². The minimum absolute atomic E-state index is 0.113. The van der Waals surface area contributed by atoms with E-state index in [1.54, 1.807) is 13.4 Å². The van der Waals surface area contributed by atoms with Crippen LogP contribution in [0.25, 0.3) is 11.0 Å². The fourth-order valence-electron chi connectivity index (χ4n) is 3.15. The Morgan fingerprint density at radius 2 is 2.12 bits per heavy atom. The van der Waals surface area contributed by atoms with E-state index in [4.69, 9.17) is 14.2 Å². The highest BCUT2D eigenvalue weighted by molar-refractivity contribution is 7.84. The van der Waals surface area contributed by atoms with Crippen LogP contribution in [0.2, 0.25) is 0 Å². The fraction of sp³-hybridized carbons (Fsp3) is 0.333. The van der Waals surface area contributed by atoms with Crippen LogP contribution in [-0.4, -0.2) is 28.1 Å². The van der Waals surface area contributed by atoms with Gasteiger partial charge < -0.3 is 19.2 Å². The van der Waals surface area contributed by atoms with Crippen molar-refractivity contribution in [1.82, 2.24) is 9.97 Å². The Kier molecular flexibility index (Phi) is 4.62. The van der Waals surface area contributed by atoms with Crippen LogP contribution in [0, 0.1) is 6.92 Å². The monoisotopic (exact) mass is 390 g/mol. The first kappa shape index (κ1) is 17.4. The maximum absolute atomic E-state index is 6.06. The Hall–Kier alpha value is -2.06. The van der Waals surface area contributed by atoms with Gasteiger partial charge in [0, 0.05) is 35.6 Å². The van der Waals surface area contributed by atoms with Gasteiger partial charge in [-0.05, 0) is 6.92 Å². The van der Waals surface area contributed by atoms with E-state index in [0.717, 1.165) is 34.5 Å². The molecule has 2 atom stereocenters. The molecule has 0 fully saturated rings. The maximum atomic E-state index is 6.06. The summed E-state index contributed by atoms with van der Waals surface area (Å²) in [6.45, 7) is 2.03. The summed E-state index contributed by atoms with van der Waals surface area (Å²) < 4.78 is 19.6. The molecule has 0 radical (unpaired) electrons. The Balaban J connectivity index is 1.72. The molecule has 0 saturated heterocycles. The number of rotatable bonds is 5. The van der Waals surface area contributed by atoms with Gasteiger partial charge in [0.2, 0.25) is 0 Å². The Bertz CT molecular complexity index is 920. The second-order valence-electron chi connectivity index (χ2n) is 6.16. The Morgan fingerprint density at radius 1 is 1.35 bits per heavy atom. The lowest BCUT2D eigenvalue weighted by Crippen LogP contribution is -2.48. The molecule has 26 heavy (non-hydrogen) atoms. The minimum atomic E-state index is -0.587. The molecular weight excluding hydrogens is 370 g/mol. The number of aromatic amines is 1. The zero-order valence-electron chi connectivity index (χ0n) is 14.5. The third-order valence-corrected chi connectivity index (χ3v) is 5.62. The Morgan fingerprint density at radius 3 is 2.85 bits per heavy atom. The Labute approximate surface area is 162 Å². The molecule has 4 rings (SSSR count). The van der Waals surface area contributed by atoms with Crippen LogP contribution in [0.4, 0.5) is 0 Å². The molecule has 0 aliphatic carbocycles. The predicted octanol–water partition coefficient (Wildman–Crippen LogP) is 2.87. The van der Waals surface area contributed by atoms with Crippen LogP contribution in [0.15, 0.2) is 30.7 Å². The molecule has 1 aliphatic heterocycles. The number of pyridine rings is 1. The molecule has 3 aromatic rings. The van der Waals surface area contributed by atoms with Crippen molar-refractivity contribution in [3.05, 3.63) is 42.0 Å². The summed E-state index contributed by atoms with van der Waals surface area (Å²) in [7, 11) is 1.67. The van der Waals surface area contributed by atoms with Crippen molar-refractivity contribution in [1.29, 1.82) is 0 Å². The van der Waals surface area contributed by atoms with Crippen molar-refractivity contribution >= 4 is 36.3 Å². The maximum Gasteiger partial charge on any atom is 0.468 e. The predicted molar refractivity (Wildman–Crippen MR) is 105 cm³/mol. The van der Waals surface area contributed by atoms with Gasteiger partial charge in [0.05, 0.1) is 30.0 Å². The molecule has 0 amide bonds. The number of thiol groups is 2. The molecule has 1 aliphatic rings. The average Bonchev–Trinajstić information content (AvgIpc) is 3.26. The number of aromatic nitrogens is 3. The SMILES string of the molecule is COc1cc[n+](C2Oc3cc4nc[nH]c4cc3O2)c(CC(S)CS)c1C. The van der Waals surface area contributed by atoms with Gasteiger partial charge in [-0.3, -0.25) is 0 Å². The number of nitrogens with one attached hydrogen (secondary N) is 1. The molecule has 0 saturated carbocycles. The van der Waals surface area contributed by atoms with Gasteiger partial charge in [-0.25, -0.2) is 4.98 Å². The van der Waals surface area contributed by atoms with E-state index in [2.05, 4.69) is 35.2 Å². The van der Waals surface area contributed by atoms with Crippen molar-refractivity contribution in [2.24, 2.45) is 0 Å². The van der Waals surface area contributed by atoms with Crippen molar-refractivity contribution in [3.63, 3.8) is 0 Å². The number of hydrogen-bond donors (Lipinski definition) is 3.